The fourth-order valence-electron chi connectivity index (χ4n) is 3.99. The van der Waals surface area contributed by atoms with E-state index in [9.17, 15) is 53.5 Å². The van der Waals surface area contributed by atoms with Crippen LogP contribution in [0.25, 0.3) is 0 Å². The molecule has 3 aromatic rings. The number of benzene rings is 3. The third-order valence-corrected chi connectivity index (χ3v) is 6.21. The van der Waals surface area contributed by atoms with Crippen molar-refractivity contribution in [1.29, 1.82) is 5.26 Å². The van der Waals surface area contributed by atoms with Gasteiger partial charge in [-0.2, -0.15) is 44.8 Å². The highest BCUT2D eigenvalue weighted by atomic mass is 19.4. The van der Waals surface area contributed by atoms with Gasteiger partial charge in [0.25, 0.3) is 11.8 Å². The number of rotatable bonds is 5. The molecule has 3 rings (SSSR count). The number of aryl methyl sites for hydroxylation is 1. The van der Waals surface area contributed by atoms with Gasteiger partial charge < -0.3 is 10.2 Å². The SMILES string of the molecule is Cc1cc(C(F)(C(F)(F)F)C(F)(F)F)cc(C(F)(F)F)c1NC(=O)c1cccc(N(C)C(=O)c2ccc(C#N)cc2)c1F. The number of alkyl halides is 10. The van der Waals surface area contributed by atoms with E-state index in [4.69, 9.17) is 5.26 Å². The van der Waals surface area contributed by atoms with Gasteiger partial charge in [-0.15, -0.1) is 0 Å². The van der Waals surface area contributed by atoms with E-state index in [1.54, 1.807) is 5.32 Å². The quantitative estimate of drug-likeness (QED) is 0.295. The Morgan fingerprint density at radius 1 is 0.860 bits per heavy atom. The Bertz CT molecular complexity index is 1590. The molecule has 0 radical (unpaired) electrons. The monoisotopic (exact) mass is 623 g/mol. The van der Waals surface area contributed by atoms with Crippen LogP contribution in [0.2, 0.25) is 0 Å². The molecule has 0 fully saturated rings. The van der Waals surface area contributed by atoms with Crippen LogP contribution < -0.4 is 10.2 Å². The lowest BCUT2D eigenvalue weighted by atomic mass is 9.90. The van der Waals surface area contributed by atoms with Crippen LogP contribution in [0.15, 0.2) is 54.6 Å². The van der Waals surface area contributed by atoms with Gasteiger partial charge >= 0.3 is 24.2 Å². The van der Waals surface area contributed by atoms with Crippen LogP contribution in [0, 0.1) is 24.1 Å². The molecule has 228 valence electrons. The molecule has 5 nitrogen and oxygen atoms in total. The van der Waals surface area contributed by atoms with Gasteiger partial charge in [-0.1, -0.05) is 12.1 Å². The first-order valence-corrected chi connectivity index (χ1v) is 11.6. The Labute approximate surface area is 235 Å². The third-order valence-electron chi connectivity index (χ3n) is 6.21. The fourth-order valence-corrected chi connectivity index (χ4v) is 3.99. The Morgan fingerprint density at radius 2 is 1.42 bits per heavy atom. The lowest BCUT2D eigenvalue weighted by Gasteiger charge is -2.31. The van der Waals surface area contributed by atoms with Crippen LogP contribution in [0.1, 0.15) is 43.0 Å². The van der Waals surface area contributed by atoms with Crippen molar-refractivity contribution >= 4 is 23.2 Å². The minimum Gasteiger partial charge on any atom is -0.321 e. The van der Waals surface area contributed by atoms with Gasteiger partial charge in [0, 0.05) is 18.2 Å². The second kappa shape index (κ2) is 11.2. The lowest BCUT2D eigenvalue weighted by molar-refractivity contribution is -0.348. The summed E-state index contributed by atoms with van der Waals surface area (Å²) in [6.07, 6.45) is -19.1. The molecule has 16 heteroatoms. The Balaban J connectivity index is 2.06. The summed E-state index contributed by atoms with van der Waals surface area (Å²) in [7, 11) is 1.09. The van der Waals surface area contributed by atoms with Gasteiger partial charge in [-0.05, 0) is 55.0 Å². The molecular weight excluding hydrogens is 607 g/mol. The van der Waals surface area contributed by atoms with Crippen molar-refractivity contribution in [2.24, 2.45) is 0 Å². The molecule has 0 heterocycles. The van der Waals surface area contributed by atoms with Crippen molar-refractivity contribution in [3.8, 4) is 6.07 Å². The third kappa shape index (κ3) is 6.11. The summed E-state index contributed by atoms with van der Waals surface area (Å²) in [5.74, 6) is -3.88. The van der Waals surface area contributed by atoms with E-state index in [0.717, 1.165) is 30.1 Å². The number of hydrogen-bond donors (Lipinski definition) is 1. The fraction of sp³-hybridized carbons (Fsp3) is 0.222. The molecule has 0 spiro atoms. The molecule has 0 aromatic heterocycles. The van der Waals surface area contributed by atoms with Crippen molar-refractivity contribution in [3.05, 3.63) is 93.8 Å². The molecule has 1 N–H and O–H groups in total. The van der Waals surface area contributed by atoms with Crippen LogP contribution in [0.5, 0.6) is 0 Å². The first kappa shape index (κ1) is 32.8. The number of nitriles is 1. The first-order chi connectivity index (χ1) is 19.6. The molecular formula is C27H16F11N3O2. The van der Waals surface area contributed by atoms with Gasteiger partial charge in [0.2, 0.25) is 0 Å². The largest absolute Gasteiger partial charge is 0.435 e. The minimum atomic E-state index is -6.71. The van der Waals surface area contributed by atoms with E-state index in [2.05, 4.69) is 0 Å². The van der Waals surface area contributed by atoms with Crippen molar-refractivity contribution in [2.75, 3.05) is 17.3 Å². The average molecular weight is 623 g/mol. The summed E-state index contributed by atoms with van der Waals surface area (Å²) in [5.41, 5.74) is -14.6. The van der Waals surface area contributed by atoms with E-state index in [1.165, 1.54) is 24.3 Å². The maximum Gasteiger partial charge on any atom is 0.435 e. The number of carbonyl (C=O) groups is 2. The van der Waals surface area contributed by atoms with Gasteiger partial charge in [0.1, 0.15) is 0 Å². The predicted octanol–water partition coefficient (Wildman–Crippen LogP) is 7.84. The summed E-state index contributed by atoms with van der Waals surface area (Å²) in [6, 6.07) is 8.87. The van der Waals surface area contributed by atoms with Crippen molar-refractivity contribution in [2.45, 2.75) is 31.1 Å². The Morgan fingerprint density at radius 3 is 1.91 bits per heavy atom. The average Bonchev–Trinajstić information content (AvgIpc) is 2.90. The van der Waals surface area contributed by atoms with Gasteiger partial charge in [0.05, 0.1) is 34.1 Å². The van der Waals surface area contributed by atoms with Crippen molar-refractivity contribution in [3.63, 3.8) is 0 Å². The van der Waals surface area contributed by atoms with Gasteiger partial charge in [-0.3, -0.25) is 9.59 Å². The number of nitrogens with zero attached hydrogens (tertiary/aromatic N) is 2. The number of carbonyl (C=O) groups excluding carboxylic acids is 2. The van der Waals surface area contributed by atoms with E-state index in [-0.39, 0.29) is 17.2 Å². The van der Waals surface area contributed by atoms with Crippen LogP contribution >= 0.6 is 0 Å². The molecule has 0 bridgehead atoms. The van der Waals surface area contributed by atoms with Gasteiger partial charge in [0.15, 0.2) is 5.82 Å². The van der Waals surface area contributed by atoms with Crippen LogP contribution in [0.3, 0.4) is 0 Å². The second-order valence-electron chi connectivity index (χ2n) is 9.01. The normalized spacial score (nSPS) is 12.5. The summed E-state index contributed by atoms with van der Waals surface area (Å²) < 4.78 is 151. The zero-order valence-corrected chi connectivity index (χ0v) is 21.6. The Kier molecular flexibility index (Phi) is 8.55. The molecule has 0 saturated carbocycles. The summed E-state index contributed by atoms with van der Waals surface area (Å²) >= 11 is 0. The molecule has 2 amide bonds. The Hall–Kier alpha value is -4.68. The standard InChI is InChI=1S/C27H16F11N3O2/c1-13-10-16(24(29,26(33,34)35)27(36,37)38)11-18(25(30,31)32)21(13)40-22(42)17-4-3-5-19(20(17)28)41(2)23(43)15-8-6-14(12-39)7-9-15/h3-11H,1-2H3,(H,40,42). The van der Waals surface area contributed by atoms with E-state index >= 15 is 4.39 Å². The molecule has 0 saturated heterocycles. The van der Waals surface area contributed by atoms with E-state index in [0.29, 0.717) is 6.92 Å². The van der Waals surface area contributed by atoms with Gasteiger partial charge in [-0.25, -0.2) is 8.78 Å². The zero-order valence-electron chi connectivity index (χ0n) is 21.6. The lowest BCUT2D eigenvalue weighted by Crippen LogP contribution is -2.50. The van der Waals surface area contributed by atoms with Crippen LogP contribution in [-0.2, 0) is 11.8 Å². The molecule has 0 atom stereocenters. The second-order valence-corrected chi connectivity index (χ2v) is 9.01. The number of nitrogens with one attached hydrogen (secondary N) is 1. The topological polar surface area (TPSA) is 73.2 Å². The number of anilines is 2. The highest BCUT2D eigenvalue weighted by Crippen LogP contribution is 2.54. The predicted molar refractivity (Wildman–Crippen MR) is 129 cm³/mol. The summed E-state index contributed by atoms with van der Waals surface area (Å²) in [6.45, 7) is 0.582. The van der Waals surface area contributed by atoms with Crippen molar-refractivity contribution in [1.82, 2.24) is 0 Å². The minimum absolute atomic E-state index is 0.0112. The number of halogens is 11. The maximum atomic E-state index is 15.4. The van der Waals surface area contributed by atoms with Crippen LogP contribution in [-0.4, -0.2) is 31.2 Å². The smallest absolute Gasteiger partial charge is 0.321 e. The summed E-state index contributed by atoms with van der Waals surface area (Å²) in [5, 5.41) is 10.5. The summed E-state index contributed by atoms with van der Waals surface area (Å²) in [4.78, 5) is 26.4. The number of hydrogen-bond acceptors (Lipinski definition) is 3. The highest BCUT2D eigenvalue weighted by molar-refractivity contribution is 6.09. The van der Waals surface area contributed by atoms with Crippen molar-refractivity contribution < 1.29 is 57.9 Å². The molecule has 0 unspecified atom stereocenters. The van der Waals surface area contributed by atoms with E-state index in [1.807, 2.05) is 6.07 Å². The number of amides is 2. The van der Waals surface area contributed by atoms with E-state index < -0.39 is 81.5 Å². The first-order valence-electron chi connectivity index (χ1n) is 11.6. The maximum absolute atomic E-state index is 15.4. The molecule has 43 heavy (non-hydrogen) atoms. The molecule has 3 aromatic carbocycles. The molecule has 0 aliphatic rings. The molecule has 0 aliphatic carbocycles. The van der Waals surface area contributed by atoms with Crippen LogP contribution in [0.4, 0.5) is 59.7 Å². The zero-order chi connectivity index (χ0) is 32.7. The molecule has 0 aliphatic heterocycles. The highest BCUT2D eigenvalue weighted by Gasteiger charge is 2.73.